The highest BCUT2D eigenvalue weighted by molar-refractivity contribution is 8.76. The van der Waals surface area contributed by atoms with E-state index in [0.29, 0.717) is 0 Å². The third-order valence-electron chi connectivity index (χ3n) is 1.32. The molecular formula is C7H7F3N2S2. The largest absolute Gasteiger partial charge is 0.434 e. The molecule has 0 aromatic carbocycles. The number of nitrogens with zero attached hydrogens (tertiary/aromatic N) is 1. The Morgan fingerprint density at radius 2 is 2.00 bits per heavy atom. The number of hydrogen-bond acceptors (Lipinski definition) is 4. The maximum absolute atomic E-state index is 12.4. The molecule has 0 amide bonds. The Balaban J connectivity index is 3.16. The molecular weight excluding hydrogens is 233 g/mol. The van der Waals surface area contributed by atoms with E-state index < -0.39 is 11.9 Å². The monoisotopic (exact) mass is 240 g/mol. The Bertz CT molecular complexity index is 327. The van der Waals surface area contributed by atoms with Gasteiger partial charge in [0.25, 0.3) is 0 Å². The molecule has 0 bridgehead atoms. The molecule has 0 saturated carbocycles. The van der Waals surface area contributed by atoms with E-state index in [-0.39, 0.29) is 10.7 Å². The summed E-state index contributed by atoms with van der Waals surface area (Å²) >= 11 is 0. The van der Waals surface area contributed by atoms with E-state index in [1.54, 1.807) is 6.26 Å². The second-order valence-electron chi connectivity index (χ2n) is 2.33. The quantitative estimate of drug-likeness (QED) is 0.806. The van der Waals surface area contributed by atoms with Crippen molar-refractivity contribution in [2.45, 2.75) is 11.1 Å². The topological polar surface area (TPSA) is 38.9 Å². The van der Waals surface area contributed by atoms with Crippen LogP contribution in [0.15, 0.2) is 17.0 Å². The van der Waals surface area contributed by atoms with Gasteiger partial charge >= 0.3 is 6.18 Å². The summed E-state index contributed by atoms with van der Waals surface area (Å²) in [6, 6.07) is 2.68. The van der Waals surface area contributed by atoms with Gasteiger partial charge in [-0.25, -0.2) is 4.98 Å². The van der Waals surface area contributed by atoms with Gasteiger partial charge in [-0.15, -0.1) is 0 Å². The van der Waals surface area contributed by atoms with Crippen LogP contribution < -0.4 is 5.73 Å². The van der Waals surface area contributed by atoms with Crippen molar-refractivity contribution in [3.8, 4) is 0 Å². The Hall–Kier alpha value is -0.560. The van der Waals surface area contributed by atoms with E-state index in [1.807, 2.05) is 0 Å². The molecule has 0 radical (unpaired) electrons. The fraction of sp³-hybridized carbons (Fsp3) is 0.286. The van der Waals surface area contributed by atoms with Crippen molar-refractivity contribution < 1.29 is 13.2 Å². The first-order chi connectivity index (χ1) is 6.45. The highest BCUT2D eigenvalue weighted by Gasteiger charge is 2.35. The average molecular weight is 240 g/mol. The van der Waals surface area contributed by atoms with Gasteiger partial charge in [-0.3, -0.25) is 0 Å². The van der Waals surface area contributed by atoms with E-state index in [0.717, 1.165) is 10.8 Å². The number of anilines is 1. The zero-order valence-electron chi connectivity index (χ0n) is 7.13. The average Bonchev–Trinajstić information content (AvgIpc) is 2.07. The minimum Gasteiger partial charge on any atom is -0.384 e. The van der Waals surface area contributed by atoms with Crippen LogP contribution in [0.25, 0.3) is 0 Å². The highest BCUT2D eigenvalue weighted by Crippen LogP contribution is 2.39. The van der Waals surface area contributed by atoms with Crippen molar-refractivity contribution in [3.63, 3.8) is 0 Å². The van der Waals surface area contributed by atoms with Gasteiger partial charge < -0.3 is 5.73 Å². The van der Waals surface area contributed by atoms with Crippen LogP contribution in [0, 0.1) is 0 Å². The summed E-state index contributed by atoms with van der Waals surface area (Å²) in [5, 5.41) is 0. The first-order valence-corrected chi connectivity index (χ1v) is 6.05. The molecule has 0 aliphatic rings. The minimum atomic E-state index is -4.45. The molecule has 0 fully saturated rings. The predicted molar refractivity (Wildman–Crippen MR) is 53.0 cm³/mol. The smallest absolute Gasteiger partial charge is 0.384 e. The van der Waals surface area contributed by atoms with Gasteiger partial charge in [0.1, 0.15) is 5.82 Å². The van der Waals surface area contributed by atoms with Gasteiger partial charge in [0.05, 0.1) is 0 Å². The lowest BCUT2D eigenvalue weighted by atomic mass is 10.3. The number of nitrogen functional groups attached to an aromatic ring is 1. The molecule has 1 rings (SSSR count). The number of alkyl halides is 3. The molecule has 7 heteroatoms. The molecule has 78 valence electrons. The number of halogens is 3. The first-order valence-electron chi connectivity index (χ1n) is 3.49. The number of nitrogens with two attached hydrogens (primary N) is 1. The van der Waals surface area contributed by atoms with Crippen LogP contribution in [0.5, 0.6) is 0 Å². The van der Waals surface area contributed by atoms with Crippen LogP contribution in [-0.4, -0.2) is 11.2 Å². The van der Waals surface area contributed by atoms with Crippen molar-refractivity contribution in [2.75, 3.05) is 12.0 Å². The molecule has 1 heterocycles. The van der Waals surface area contributed by atoms with Crippen LogP contribution in [0.3, 0.4) is 0 Å². The number of aromatic nitrogens is 1. The predicted octanol–water partition coefficient (Wildman–Crippen LogP) is 3.05. The van der Waals surface area contributed by atoms with Crippen molar-refractivity contribution in [1.29, 1.82) is 0 Å². The Labute approximate surface area is 86.9 Å². The summed E-state index contributed by atoms with van der Waals surface area (Å²) in [7, 11) is 2.24. The summed E-state index contributed by atoms with van der Waals surface area (Å²) in [6.45, 7) is 0. The van der Waals surface area contributed by atoms with Gasteiger partial charge in [-0.1, -0.05) is 21.6 Å². The minimum absolute atomic E-state index is 0.0826. The summed E-state index contributed by atoms with van der Waals surface area (Å²) < 4.78 is 37.2. The number of hydrogen-bond donors (Lipinski definition) is 1. The lowest BCUT2D eigenvalue weighted by Crippen LogP contribution is -2.10. The Kier molecular flexibility index (Phi) is 3.54. The second kappa shape index (κ2) is 4.31. The van der Waals surface area contributed by atoms with Crippen molar-refractivity contribution in [1.82, 2.24) is 4.98 Å². The molecule has 0 aliphatic carbocycles. The Morgan fingerprint density at radius 3 is 2.50 bits per heavy atom. The van der Waals surface area contributed by atoms with Gasteiger partial charge in [0.2, 0.25) is 0 Å². The van der Waals surface area contributed by atoms with E-state index in [9.17, 15) is 13.2 Å². The first kappa shape index (κ1) is 11.5. The molecule has 1 aromatic heterocycles. The molecule has 0 atom stereocenters. The van der Waals surface area contributed by atoms with E-state index in [4.69, 9.17) is 5.73 Å². The van der Waals surface area contributed by atoms with Crippen LogP contribution in [-0.2, 0) is 6.18 Å². The van der Waals surface area contributed by atoms with E-state index in [2.05, 4.69) is 4.98 Å². The molecule has 0 saturated heterocycles. The summed E-state index contributed by atoms with van der Waals surface area (Å²) in [4.78, 5) is 3.36. The molecule has 2 N–H and O–H groups in total. The third-order valence-corrected chi connectivity index (χ3v) is 3.04. The summed E-state index contributed by atoms with van der Waals surface area (Å²) in [5.74, 6) is -0.122. The van der Waals surface area contributed by atoms with E-state index in [1.165, 1.54) is 22.9 Å². The van der Waals surface area contributed by atoms with Crippen LogP contribution in [0.4, 0.5) is 19.0 Å². The third kappa shape index (κ3) is 2.71. The number of rotatable bonds is 2. The number of pyridine rings is 1. The van der Waals surface area contributed by atoms with Gasteiger partial charge in [-0.2, -0.15) is 13.2 Å². The maximum Gasteiger partial charge on any atom is 0.434 e. The lowest BCUT2D eigenvalue weighted by molar-refractivity contribution is -0.143. The van der Waals surface area contributed by atoms with Crippen molar-refractivity contribution in [2.24, 2.45) is 0 Å². The van der Waals surface area contributed by atoms with Gasteiger partial charge in [-0.05, 0) is 18.4 Å². The van der Waals surface area contributed by atoms with Gasteiger partial charge in [0.15, 0.2) is 5.69 Å². The normalized spacial score (nSPS) is 11.7. The zero-order chi connectivity index (χ0) is 10.8. The lowest BCUT2D eigenvalue weighted by Gasteiger charge is -2.10. The molecule has 2 nitrogen and oxygen atoms in total. The fourth-order valence-electron chi connectivity index (χ4n) is 0.822. The van der Waals surface area contributed by atoms with Crippen LogP contribution >= 0.6 is 21.6 Å². The maximum atomic E-state index is 12.4. The van der Waals surface area contributed by atoms with E-state index >= 15 is 0 Å². The molecule has 0 spiro atoms. The summed E-state index contributed by atoms with van der Waals surface area (Å²) in [5.41, 5.74) is 4.27. The standard InChI is InChI=1S/C7H7F3N2S2/c1-13-14-4-2-3-5(11)12-6(4)7(8,9)10/h2-3H,1H3,(H2,11,12). The highest BCUT2D eigenvalue weighted by atomic mass is 33.1. The summed E-state index contributed by atoms with van der Waals surface area (Å²) in [6.07, 6.45) is -2.76. The molecule has 1 aromatic rings. The molecule has 0 unspecified atom stereocenters. The fourth-order valence-corrected chi connectivity index (χ4v) is 2.31. The SMILES string of the molecule is CSSc1ccc(N)nc1C(F)(F)F. The molecule has 0 aliphatic heterocycles. The van der Waals surface area contributed by atoms with Gasteiger partial charge in [0, 0.05) is 4.90 Å². The van der Waals surface area contributed by atoms with Crippen LogP contribution in [0.1, 0.15) is 5.69 Å². The zero-order valence-corrected chi connectivity index (χ0v) is 8.76. The Morgan fingerprint density at radius 1 is 1.36 bits per heavy atom. The molecule has 14 heavy (non-hydrogen) atoms. The van der Waals surface area contributed by atoms with Crippen molar-refractivity contribution in [3.05, 3.63) is 17.8 Å². The van der Waals surface area contributed by atoms with Crippen molar-refractivity contribution >= 4 is 27.4 Å². The van der Waals surface area contributed by atoms with Crippen LogP contribution in [0.2, 0.25) is 0 Å². The second-order valence-corrected chi connectivity index (χ2v) is 4.77.